The highest BCUT2D eigenvalue weighted by molar-refractivity contribution is 7.15. The number of nitrogens with one attached hydrogen (secondary N) is 1. The summed E-state index contributed by atoms with van der Waals surface area (Å²) in [7, 11) is 0. The first-order valence-corrected chi connectivity index (χ1v) is 13.9. The Hall–Kier alpha value is -3.98. The molecule has 0 bridgehead atoms. The number of esters is 1. The highest BCUT2D eigenvalue weighted by Crippen LogP contribution is 2.44. The van der Waals surface area contributed by atoms with E-state index in [4.69, 9.17) is 4.74 Å². The number of hydrogen-bond acceptors (Lipinski definition) is 4. The van der Waals surface area contributed by atoms with Gasteiger partial charge < -0.3 is 19.5 Å². The van der Waals surface area contributed by atoms with Crippen molar-refractivity contribution in [3.63, 3.8) is 0 Å². The van der Waals surface area contributed by atoms with E-state index in [1.807, 2.05) is 18.3 Å². The molecule has 4 aromatic rings. The number of aryl methyl sites for hydroxylation is 1. The average Bonchev–Trinajstić information content (AvgIpc) is 3.50. The molecule has 3 heterocycles. The summed E-state index contributed by atoms with van der Waals surface area (Å²) < 4.78 is 36.1. The summed E-state index contributed by atoms with van der Waals surface area (Å²) in [5.41, 5.74) is 4.16. The molecular weight excluding hydrogens is 520 g/mol. The number of carbonyl (C=O) groups is 2. The highest BCUT2D eigenvalue weighted by Gasteiger charge is 2.36. The van der Waals surface area contributed by atoms with Crippen LogP contribution < -0.4 is 5.32 Å². The van der Waals surface area contributed by atoms with Crippen LogP contribution in [0.2, 0.25) is 0 Å². The number of nitrogens with zero attached hydrogens (tertiary/aromatic N) is 2. The molecule has 0 spiro atoms. The van der Waals surface area contributed by atoms with E-state index in [0.717, 1.165) is 48.0 Å². The minimum Gasteiger partial charge on any atom is -0.462 e. The maximum Gasteiger partial charge on any atom is 0.338 e. The Morgan fingerprint density at radius 3 is 2.62 bits per heavy atom. The van der Waals surface area contributed by atoms with Gasteiger partial charge in [0.1, 0.15) is 22.7 Å². The number of urea groups is 1. The third-order valence-electron chi connectivity index (χ3n) is 7.27. The molecule has 0 fully saturated rings. The van der Waals surface area contributed by atoms with Crippen LogP contribution in [0.15, 0.2) is 60.8 Å². The van der Waals surface area contributed by atoms with Crippen LogP contribution >= 0.6 is 11.3 Å². The molecule has 39 heavy (non-hydrogen) atoms. The van der Waals surface area contributed by atoms with Gasteiger partial charge in [0, 0.05) is 28.4 Å². The van der Waals surface area contributed by atoms with Gasteiger partial charge in [0.2, 0.25) is 0 Å². The molecule has 0 saturated carbocycles. The number of fused-ring (bicyclic) bond motifs is 5. The van der Waals surface area contributed by atoms with Crippen molar-refractivity contribution in [3.05, 3.63) is 105 Å². The molecular formula is C30H27F2N3O3S. The van der Waals surface area contributed by atoms with E-state index in [1.165, 1.54) is 22.6 Å². The number of rotatable bonds is 4. The molecule has 2 aromatic carbocycles. The highest BCUT2D eigenvalue weighted by atomic mass is 32.1. The molecule has 6 rings (SSSR count). The number of hydrogen-bond donors (Lipinski definition) is 1. The van der Waals surface area contributed by atoms with Crippen LogP contribution in [0.25, 0.3) is 5.00 Å². The SMILES string of the molecule is CCOC(=O)c1cccc(NC(=O)N2Cc3c(sc4c3CCCC4)-n3cccc3[C@H]2c2cc(F)cc(F)c2)c1. The molecule has 1 N–H and O–H groups in total. The fraction of sp³-hybridized carbons (Fsp3) is 0.267. The van der Waals surface area contributed by atoms with Crippen LogP contribution in [0.1, 0.15) is 63.4 Å². The Bertz CT molecular complexity index is 1560. The zero-order chi connectivity index (χ0) is 27.1. The van der Waals surface area contributed by atoms with E-state index in [0.29, 0.717) is 16.8 Å². The van der Waals surface area contributed by atoms with Crippen LogP contribution in [0.3, 0.4) is 0 Å². The maximum atomic E-state index is 14.5. The standard InChI is InChI=1S/C30H27F2N3O3S/c1-2-38-29(36)18-7-5-8-22(15-18)33-30(37)35-17-24-23-9-3-4-11-26(23)39-28(24)34-12-6-10-25(34)27(35)19-13-20(31)16-21(32)14-19/h5-8,10,12-16,27H,2-4,9,11,17H2,1H3,(H,33,37)/t27-/m1/s1. The first kappa shape index (κ1) is 25.3. The van der Waals surface area contributed by atoms with Crippen molar-refractivity contribution >= 4 is 29.0 Å². The van der Waals surface area contributed by atoms with Gasteiger partial charge >= 0.3 is 12.0 Å². The number of halogens is 2. The maximum absolute atomic E-state index is 14.5. The lowest BCUT2D eigenvalue weighted by atomic mass is 9.95. The van der Waals surface area contributed by atoms with Crippen molar-refractivity contribution in [2.45, 2.75) is 45.2 Å². The molecule has 200 valence electrons. The second-order valence-corrected chi connectivity index (χ2v) is 10.8. The lowest BCUT2D eigenvalue weighted by molar-refractivity contribution is 0.0526. The van der Waals surface area contributed by atoms with Gasteiger partial charge in [0.15, 0.2) is 0 Å². The summed E-state index contributed by atoms with van der Waals surface area (Å²) in [6, 6.07) is 12.5. The number of ether oxygens (including phenoxy) is 1. The smallest absolute Gasteiger partial charge is 0.338 e. The molecule has 0 saturated heterocycles. The zero-order valence-corrected chi connectivity index (χ0v) is 22.2. The van der Waals surface area contributed by atoms with Crippen LogP contribution in [0, 0.1) is 11.6 Å². The Morgan fingerprint density at radius 1 is 1.03 bits per heavy atom. The van der Waals surface area contributed by atoms with Gasteiger partial charge in [-0.2, -0.15) is 0 Å². The van der Waals surface area contributed by atoms with Gasteiger partial charge in [-0.1, -0.05) is 6.07 Å². The number of thiophene rings is 1. The van der Waals surface area contributed by atoms with Crippen LogP contribution in [-0.2, 0) is 24.1 Å². The zero-order valence-electron chi connectivity index (χ0n) is 21.4. The monoisotopic (exact) mass is 547 g/mol. The van der Waals surface area contributed by atoms with E-state index in [1.54, 1.807) is 47.4 Å². The predicted octanol–water partition coefficient (Wildman–Crippen LogP) is 7.01. The largest absolute Gasteiger partial charge is 0.462 e. The molecule has 0 radical (unpaired) electrons. The Morgan fingerprint density at radius 2 is 1.82 bits per heavy atom. The van der Waals surface area contributed by atoms with Crippen molar-refractivity contribution in [1.29, 1.82) is 0 Å². The molecule has 6 nitrogen and oxygen atoms in total. The van der Waals surface area contributed by atoms with Gasteiger partial charge in [0.05, 0.1) is 24.4 Å². The van der Waals surface area contributed by atoms with Gasteiger partial charge in [-0.25, -0.2) is 18.4 Å². The van der Waals surface area contributed by atoms with E-state index >= 15 is 0 Å². The molecule has 1 aliphatic carbocycles. The lowest BCUT2D eigenvalue weighted by Gasteiger charge is -2.31. The normalized spacial score (nSPS) is 16.1. The Kier molecular flexibility index (Phi) is 6.68. The van der Waals surface area contributed by atoms with Gasteiger partial charge in [0.25, 0.3) is 0 Å². The van der Waals surface area contributed by atoms with Crippen LogP contribution in [-0.4, -0.2) is 28.1 Å². The summed E-state index contributed by atoms with van der Waals surface area (Å²) in [6.07, 6.45) is 6.11. The first-order chi connectivity index (χ1) is 18.9. The topological polar surface area (TPSA) is 63.6 Å². The van der Waals surface area contributed by atoms with Crippen molar-refractivity contribution in [2.75, 3.05) is 11.9 Å². The van der Waals surface area contributed by atoms with E-state index in [9.17, 15) is 18.4 Å². The van der Waals surface area contributed by atoms with Crippen molar-refractivity contribution < 1.29 is 23.1 Å². The van der Waals surface area contributed by atoms with Crippen molar-refractivity contribution in [2.24, 2.45) is 0 Å². The van der Waals surface area contributed by atoms with Crippen molar-refractivity contribution in [3.8, 4) is 5.00 Å². The molecule has 2 amide bonds. The van der Waals surface area contributed by atoms with Crippen LogP contribution in [0.4, 0.5) is 19.3 Å². The van der Waals surface area contributed by atoms with E-state index in [-0.39, 0.29) is 13.2 Å². The average molecular weight is 548 g/mol. The first-order valence-electron chi connectivity index (χ1n) is 13.0. The lowest BCUT2D eigenvalue weighted by Crippen LogP contribution is -2.38. The second kappa shape index (κ2) is 10.3. The molecule has 0 unspecified atom stereocenters. The predicted molar refractivity (Wildman–Crippen MR) is 145 cm³/mol. The van der Waals surface area contributed by atoms with Gasteiger partial charge in [-0.15, -0.1) is 11.3 Å². The van der Waals surface area contributed by atoms with Gasteiger partial charge in [-0.3, -0.25) is 0 Å². The second-order valence-electron chi connectivity index (χ2n) is 9.76. The minimum atomic E-state index is -0.753. The third kappa shape index (κ3) is 4.71. The van der Waals surface area contributed by atoms with Gasteiger partial charge in [-0.05, 0) is 86.2 Å². The fourth-order valence-electron chi connectivity index (χ4n) is 5.60. The third-order valence-corrected chi connectivity index (χ3v) is 8.60. The van der Waals surface area contributed by atoms with E-state index < -0.39 is 29.7 Å². The molecule has 2 aromatic heterocycles. The summed E-state index contributed by atoms with van der Waals surface area (Å²) in [5, 5.41) is 3.96. The quantitative estimate of drug-likeness (QED) is 0.280. The summed E-state index contributed by atoms with van der Waals surface area (Å²) in [5.74, 6) is -1.90. The Labute approximate surface area is 228 Å². The number of aromatic nitrogens is 1. The number of carbonyl (C=O) groups excluding carboxylic acids is 2. The number of amides is 2. The summed E-state index contributed by atoms with van der Waals surface area (Å²) >= 11 is 1.73. The Balaban J connectivity index is 1.45. The molecule has 2 aliphatic rings. The molecule has 1 atom stereocenters. The van der Waals surface area contributed by atoms with Crippen LogP contribution in [0.5, 0.6) is 0 Å². The summed E-state index contributed by atoms with van der Waals surface area (Å²) in [6.45, 7) is 2.24. The molecule has 9 heteroatoms. The summed E-state index contributed by atoms with van der Waals surface area (Å²) in [4.78, 5) is 29.2. The van der Waals surface area contributed by atoms with E-state index in [2.05, 4.69) is 9.88 Å². The van der Waals surface area contributed by atoms with Crippen molar-refractivity contribution in [1.82, 2.24) is 9.47 Å². The molecule has 1 aliphatic heterocycles. The number of anilines is 1. The fourth-order valence-corrected chi connectivity index (χ4v) is 7.01. The number of benzene rings is 2. The minimum absolute atomic E-state index is 0.238.